The van der Waals surface area contributed by atoms with Crippen molar-refractivity contribution in [2.24, 2.45) is 0 Å². The minimum atomic E-state index is -0.598. The summed E-state index contributed by atoms with van der Waals surface area (Å²) in [6.07, 6.45) is 0. The van der Waals surface area contributed by atoms with Crippen LogP contribution in [0.5, 0.6) is 0 Å². The second kappa shape index (κ2) is 8.11. The van der Waals surface area contributed by atoms with Crippen LogP contribution in [0.4, 0.5) is 0 Å². The minimum absolute atomic E-state index is 0.0321. The number of esters is 1. The fourth-order valence-corrected chi connectivity index (χ4v) is 2.70. The molecule has 3 rings (SSSR count). The van der Waals surface area contributed by atoms with E-state index >= 15 is 0 Å². The minimum Gasteiger partial charge on any atom is -0.457 e. The van der Waals surface area contributed by atoms with E-state index in [-0.39, 0.29) is 18.0 Å². The highest BCUT2D eigenvalue weighted by Gasteiger charge is 2.19. The van der Waals surface area contributed by atoms with Crippen molar-refractivity contribution in [2.45, 2.75) is 13.5 Å². The number of nitrogens with zero attached hydrogens (tertiary/aromatic N) is 1. The van der Waals surface area contributed by atoms with Crippen LogP contribution in [0.25, 0.3) is 0 Å². The van der Waals surface area contributed by atoms with Crippen LogP contribution in [0.3, 0.4) is 0 Å². The lowest BCUT2D eigenvalue weighted by Crippen LogP contribution is -2.13. The zero-order valence-corrected chi connectivity index (χ0v) is 14.8. The average molecular weight is 355 g/mol. The van der Waals surface area contributed by atoms with Gasteiger partial charge in [-0.15, -0.1) is 0 Å². The molecule has 27 heavy (non-hydrogen) atoms. The molecule has 0 aromatic heterocycles. The third-order valence-electron chi connectivity index (χ3n) is 4.20. The molecule has 0 aliphatic carbocycles. The van der Waals surface area contributed by atoms with Crippen molar-refractivity contribution in [3.63, 3.8) is 0 Å². The van der Waals surface area contributed by atoms with Crippen LogP contribution in [0.1, 0.15) is 43.0 Å². The predicted octanol–water partition coefficient (Wildman–Crippen LogP) is 4.45. The summed E-state index contributed by atoms with van der Waals surface area (Å²) in [6, 6.07) is 22.8. The van der Waals surface area contributed by atoms with E-state index in [2.05, 4.69) is 6.07 Å². The fraction of sp³-hybridized carbons (Fsp3) is 0.0870. The summed E-state index contributed by atoms with van der Waals surface area (Å²) in [5.74, 6) is -0.834. The third kappa shape index (κ3) is 4.10. The maximum Gasteiger partial charge on any atom is 0.339 e. The van der Waals surface area contributed by atoms with E-state index in [1.807, 2.05) is 19.1 Å². The maximum atomic E-state index is 12.8. The van der Waals surface area contributed by atoms with Gasteiger partial charge in [-0.05, 0) is 19.1 Å². The van der Waals surface area contributed by atoms with Crippen LogP contribution in [0.15, 0.2) is 72.8 Å². The Morgan fingerprint density at radius 2 is 1.52 bits per heavy atom. The zero-order valence-electron chi connectivity index (χ0n) is 14.8. The predicted molar refractivity (Wildman–Crippen MR) is 101 cm³/mol. The summed E-state index contributed by atoms with van der Waals surface area (Å²) in [4.78, 5) is 25.4. The third-order valence-corrected chi connectivity index (χ3v) is 4.20. The van der Waals surface area contributed by atoms with Crippen molar-refractivity contribution in [1.29, 1.82) is 5.26 Å². The van der Waals surface area contributed by atoms with Gasteiger partial charge < -0.3 is 4.74 Å². The fourth-order valence-electron chi connectivity index (χ4n) is 2.70. The van der Waals surface area contributed by atoms with Crippen LogP contribution in [-0.4, -0.2) is 11.8 Å². The molecular weight excluding hydrogens is 338 g/mol. The van der Waals surface area contributed by atoms with Gasteiger partial charge in [0, 0.05) is 16.7 Å². The number of ketones is 1. The van der Waals surface area contributed by atoms with Gasteiger partial charge in [0.2, 0.25) is 0 Å². The van der Waals surface area contributed by atoms with Gasteiger partial charge in [0.05, 0.1) is 17.2 Å². The van der Waals surface area contributed by atoms with Gasteiger partial charge in [-0.1, -0.05) is 66.2 Å². The molecule has 4 nitrogen and oxygen atoms in total. The van der Waals surface area contributed by atoms with E-state index in [9.17, 15) is 9.59 Å². The number of rotatable bonds is 5. The van der Waals surface area contributed by atoms with Crippen LogP contribution in [-0.2, 0) is 11.3 Å². The normalized spacial score (nSPS) is 10.1. The van der Waals surface area contributed by atoms with E-state index < -0.39 is 5.97 Å². The highest BCUT2D eigenvalue weighted by molar-refractivity contribution is 6.14. The number of hydrogen-bond acceptors (Lipinski definition) is 4. The number of benzene rings is 3. The van der Waals surface area contributed by atoms with E-state index in [0.29, 0.717) is 22.3 Å². The summed E-state index contributed by atoms with van der Waals surface area (Å²) < 4.78 is 5.36. The van der Waals surface area contributed by atoms with Crippen molar-refractivity contribution >= 4 is 11.8 Å². The first kappa shape index (κ1) is 18.1. The van der Waals surface area contributed by atoms with Gasteiger partial charge in [-0.2, -0.15) is 5.26 Å². The van der Waals surface area contributed by atoms with E-state index in [4.69, 9.17) is 10.00 Å². The molecule has 132 valence electrons. The summed E-state index contributed by atoms with van der Waals surface area (Å²) in [5, 5.41) is 9.13. The monoisotopic (exact) mass is 355 g/mol. The van der Waals surface area contributed by atoms with Gasteiger partial charge in [0.15, 0.2) is 5.78 Å². The highest BCUT2D eigenvalue weighted by atomic mass is 16.5. The van der Waals surface area contributed by atoms with Gasteiger partial charge in [0.25, 0.3) is 0 Å². The molecule has 0 heterocycles. The van der Waals surface area contributed by atoms with E-state index in [0.717, 1.165) is 5.56 Å². The molecular formula is C23H17NO3. The molecule has 0 bridgehead atoms. The Bertz CT molecular complexity index is 1030. The summed E-state index contributed by atoms with van der Waals surface area (Å²) in [5.41, 5.74) is 3.13. The first-order valence-electron chi connectivity index (χ1n) is 8.45. The molecule has 0 aliphatic rings. The number of nitriles is 1. The smallest absolute Gasteiger partial charge is 0.339 e. The molecule has 0 amide bonds. The van der Waals surface area contributed by atoms with Crippen LogP contribution >= 0.6 is 0 Å². The van der Waals surface area contributed by atoms with E-state index in [1.54, 1.807) is 60.7 Å². The van der Waals surface area contributed by atoms with E-state index in [1.165, 1.54) is 0 Å². The van der Waals surface area contributed by atoms with Gasteiger partial charge in [-0.25, -0.2) is 4.79 Å². The summed E-state index contributed by atoms with van der Waals surface area (Å²) in [7, 11) is 0. The van der Waals surface area contributed by atoms with Crippen molar-refractivity contribution in [2.75, 3.05) is 0 Å². The topological polar surface area (TPSA) is 67.2 Å². The number of ether oxygens (including phenoxy) is 1. The lowest BCUT2D eigenvalue weighted by atomic mass is 9.98. The van der Waals surface area contributed by atoms with Crippen LogP contribution in [0.2, 0.25) is 0 Å². The largest absolute Gasteiger partial charge is 0.457 e. The molecule has 0 unspecified atom stereocenters. The second-order valence-electron chi connectivity index (χ2n) is 6.09. The van der Waals surface area contributed by atoms with Crippen molar-refractivity contribution < 1.29 is 14.3 Å². The first-order valence-corrected chi connectivity index (χ1v) is 8.45. The molecule has 4 heteroatoms. The zero-order chi connectivity index (χ0) is 19.2. The first-order chi connectivity index (χ1) is 13.1. The standard InChI is InChI=1S/C23H17NO3/c1-16-10-12-17(13-11-16)22(25)20-8-4-5-9-21(20)23(26)27-15-19-7-3-2-6-18(19)14-24/h2-13H,15H2,1H3. The number of carbonyl (C=O) groups excluding carboxylic acids is 2. The maximum absolute atomic E-state index is 12.8. The molecule has 0 radical (unpaired) electrons. The number of hydrogen-bond donors (Lipinski definition) is 0. The molecule has 0 aliphatic heterocycles. The van der Waals surface area contributed by atoms with Gasteiger partial charge in [-0.3, -0.25) is 4.79 Å². The molecule has 3 aromatic rings. The second-order valence-corrected chi connectivity index (χ2v) is 6.09. The Morgan fingerprint density at radius 3 is 2.22 bits per heavy atom. The summed E-state index contributed by atoms with van der Waals surface area (Å²) in [6.45, 7) is 1.91. The average Bonchev–Trinajstić information content (AvgIpc) is 2.72. The molecule has 0 saturated carbocycles. The van der Waals surface area contributed by atoms with Crippen molar-refractivity contribution in [1.82, 2.24) is 0 Å². The number of aryl methyl sites for hydroxylation is 1. The lowest BCUT2D eigenvalue weighted by Gasteiger charge is -2.10. The van der Waals surface area contributed by atoms with Crippen molar-refractivity contribution in [3.05, 3.63) is 106 Å². The van der Waals surface area contributed by atoms with Crippen LogP contribution < -0.4 is 0 Å². The molecule has 0 atom stereocenters. The van der Waals surface area contributed by atoms with Crippen LogP contribution in [0, 0.1) is 18.3 Å². The Morgan fingerprint density at radius 1 is 0.889 bits per heavy atom. The molecule has 0 spiro atoms. The van der Waals surface area contributed by atoms with Gasteiger partial charge >= 0.3 is 5.97 Å². The Labute approximate surface area is 157 Å². The van der Waals surface area contributed by atoms with Gasteiger partial charge in [0.1, 0.15) is 6.61 Å². The SMILES string of the molecule is Cc1ccc(C(=O)c2ccccc2C(=O)OCc2ccccc2C#N)cc1. The summed E-state index contributed by atoms with van der Waals surface area (Å²) >= 11 is 0. The Kier molecular flexibility index (Phi) is 5.44. The highest BCUT2D eigenvalue weighted by Crippen LogP contribution is 2.18. The molecule has 0 saturated heterocycles. The molecule has 0 N–H and O–H groups in total. The Hall–Kier alpha value is -3.71. The van der Waals surface area contributed by atoms with Crippen molar-refractivity contribution in [3.8, 4) is 6.07 Å². The quantitative estimate of drug-likeness (QED) is 0.501. The molecule has 3 aromatic carbocycles. The Balaban J connectivity index is 1.83. The number of carbonyl (C=O) groups is 2. The lowest BCUT2D eigenvalue weighted by molar-refractivity contribution is 0.0470. The molecule has 0 fully saturated rings.